The molecule has 0 radical (unpaired) electrons. The first kappa shape index (κ1) is 45.0. The predicted octanol–water partition coefficient (Wildman–Crippen LogP) is 5.24. The van der Waals surface area contributed by atoms with E-state index in [1.54, 1.807) is 6.92 Å². The topological polar surface area (TPSA) is 210 Å². The first-order valence-corrected chi connectivity index (χ1v) is 19.3. The van der Waals surface area contributed by atoms with E-state index >= 15 is 0 Å². The van der Waals surface area contributed by atoms with Crippen molar-refractivity contribution in [2.45, 2.75) is 58.5 Å². The van der Waals surface area contributed by atoms with E-state index in [2.05, 4.69) is 38.9 Å². The van der Waals surface area contributed by atoms with Crippen LogP contribution in [-0.2, 0) is 33.5 Å². The molecule has 59 heavy (non-hydrogen) atoms. The molecule has 0 bridgehead atoms. The summed E-state index contributed by atoms with van der Waals surface area (Å²) in [7, 11) is 0. The fourth-order valence-electron chi connectivity index (χ4n) is 6.68. The molecule has 2 aliphatic carbocycles. The van der Waals surface area contributed by atoms with Gasteiger partial charge >= 0.3 is 18.2 Å². The van der Waals surface area contributed by atoms with Gasteiger partial charge in [-0.2, -0.15) is 0 Å². The highest BCUT2D eigenvalue weighted by molar-refractivity contribution is 5.86. The minimum absolute atomic E-state index is 0.0849. The van der Waals surface area contributed by atoms with Crippen LogP contribution in [0.15, 0.2) is 97.1 Å². The Morgan fingerprint density at radius 2 is 0.915 bits per heavy atom. The Morgan fingerprint density at radius 3 is 1.25 bits per heavy atom. The van der Waals surface area contributed by atoms with E-state index in [4.69, 9.17) is 19.4 Å². The lowest BCUT2D eigenvalue weighted by molar-refractivity contribution is -0.139. The molecule has 2 atom stereocenters. The summed E-state index contributed by atoms with van der Waals surface area (Å²) in [6.07, 6.45) is -1.59. The van der Waals surface area contributed by atoms with Crippen molar-refractivity contribution < 1.29 is 48.2 Å². The first-order chi connectivity index (χ1) is 28.5. The zero-order valence-corrected chi connectivity index (χ0v) is 33.7. The lowest BCUT2D eigenvalue weighted by atomic mass is 9.98. The Kier molecular flexibility index (Phi) is 17.0. The third-order valence-corrected chi connectivity index (χ3v) is 9.31. The SMILES string of the molecule is CC.CC(=O)NC[C@H](NC(=O)OCC1c2ccccc2-c2ccccc21)C(=O)O.CCONC(=O)[C@H](CNC(C)=O)NC(=O)OCC1c2ccccc2-c2ccccc21. The van der Waals surface area contributed by atoms with Gasteiger partial charge in [-0.25, -0.2) is 19.9 Å². The second kappa shape index (κ2) is 22.3. The molecule has 312 valence electrons. The van der Waals surface area contributed by atoms with Crippen molar-refractivity contribution in [3.05, 3.63) is 119 Å². The largest absolute Gasteiger partial charge is 0.480 e. The molecule has 5 amide bonds. The summed E-state index contributed by atoms with van der Waals surface area (Å²) >= 11 is 0. The quantitative estimate of drug-likeness (QED) is 0.0913. The van der Waals surface area contributed by atoms with Gasteiger partial charge in [-0.15, -0.1) is 0 Å². The summed E-state index contributed by atoms with van der Waals surface area (Å²) in [5.74, 6) is -2.73. The fraction of sp³-hybridized carbons (Fsp3) is 0.318. The standard InChI is InChI=1S/C22H25N3O5.C20H20N2O5.C2H6/c1-3-30-25-21(27)20(12-23-14(2)26)24-22(28)29-13-19-17-10-6-4-8-15(17)16-9-5-7-11-18(16)19;1-12(23)21-10-18(19(24)25)22-20(26)27-11-17-15-8-4-2-6-13(15)14-7-3-5-9-16(14)17;1-2/h4-11,19-20H,3,12-13H2,1-2H3,(H,23,26)(H,24,28)(H,25,27);2-9,17-18H,10-11H2,1H3,(H,21,23)(H,22,26)(H,24,25);1-2H3/t20-;18-;/m00./s1. The molecule has 4 aromatic carbocycles. The van der Waals surface area contributed by atoms with E-state index < -0.39 is 36.1 Å². The number of fused-ring (bicyclic) bond motifs is 6. The van der Waals surface area contributed by atoms with Crippen LogP contribution in [0.1, 0.15) is 68.7 Å². The van der Waals surface area contributed by atoms with Gasteiger partial charge in [0.2, 0.25) is 11.8 Å². The van der Waals surface area contributed by atoms with Crippen molar-refractivity contribution in [2.75, 3.05) is 32.9 Å². The number of ether oxygens (including phenoxy) is 2. The average molecular weight is 810 g/mol. The predicted molar refractivity (Wildman–Crippen MR) is 220 cm³/mol. The summed E-state index contributed by atoms with van der Waals surface area (Å²) in [4.78, 5) is 74.9. The maximum atomic E-state index is 12.4. The van der Waals surface area contributed by atoms with Gasteiger partial charge in [0.05, 0.1) is 6.61 Å². The van der Waals surface area contributed by atoms with Crippen LogP contribution in [0.3, 0.4) is 0 Å². The van der Waals surface area contributed by atoms with E-state index in [0.717, 1.165) is 44.5 Å². The minimum Gasteiger partial charge on any atom is -0.480 e. The first-order valence-electron chi connectivity index (χ1n) is 19.3. The van der Waals surface area contributed by atoms with E-state index in [0.29, 0.717) is 0 Å². The van der Waals surface area contributed by atoms with Crippen molar-refractivity contribution >= 4 is 35.9 Å². The summed E-state index contributed by atoms with van der Waals surface area (Å²) in [6, 6.07) is 29.6. The van der Waals surface area contributed by atoms with Crippen molar-refractivity contribution in [1.29, 1.82) is 0 Å². The van der Waals surface area contributed by atoms with Crippen LogP contribution in [0, 0.1) is 0 Å². The molecule has 0 aliphatic heterocycles. The highest BCUT2D eigenvalue weighted by Gasteiger charge is 2.31. The molecule has 0 fully saturated rings. The normalized spacial score (nSPS) is 12.8. The number of alkyl carbamates (subject to hydrolysis) is 2. The van der Waals surface area contributed by atoms with E-state index in [-0.39, 0.29) is 56.6 Å². The lowest BCUT2D eigenvalue weighted by Crippen LogP contribution is -2.52. The number of benzene rings is 4. The number of hydrogen-bond acceptors (Lipinski definition) is 9. The van der Waals surface area contributed by atoms with Gasteiger partial charge in [0, 0.05) is 38.8 Å². The molecule has 4 aromatic rings. The van der Waals surface area contributed by atoms with Gasteiger partial charge in [-0.1, -0.05) is 111 Å². The maximum Gasteiger partial charge on any atom is 0.407 e. The van der Waals surface area contributed by atoms with E-state index in [1.807, 2.05) is 98.8 Å². The van der Waals surface area contributed by atoms with E-state index in [1.165, 1.54) is 13.8 Å². The number of amides is 5. The van der Waals surface area contributed by atoms with Crippen LogP contribution >= 0.6 is 0 Å². The molecule has 0 spiro atoms. The zero-order chi connectivity index (χ0) is 42.9. The second-order valence-electron chi connectivity index (χ2n) is 13.2. The Balaban J connectivity index is 0.000000251. The number of nitrogens with one attached hydrogen (secondary N) is 5. The van der Waals surface area contributed by atoms with Crippen LogP contribution < -0.4 is 26.7 Å². The van der Waals surface area contributed by atoms with Crippen LogP contribution in [0.5, 0.6) is 0 Å². The minimum atomic E-state index is -1.26. The summed E-state index contributed by atoms with van der Waals surface area (Å²) < 4.78 is 10.7. The highest BCUT2D eigenvalue weighted by Crippen LogP contribution is 2.45. The lowest BCUT2D eigenvalue weighted by Gasteiger charge is -2.19. The molecule has 0 saturated heterocycles. The number of carboxylic acids is 1. The van der Waals surface area contributed by atoms with Gasteiger partial charge in [0.25, 0.3) is 5.91 Å². The maximum absolute atomic E-state index is 12.4. The van der Waals surface area contributed by atoms with Crippen LogP contribution in [0.2, 0.25) is 0 Å². The molecule has 15 nitrogen and oxygen atoms in total. The Bertz CT molecular complexity index is 2020. The number of hydrogen-bond donors (Lipinski definition) is 6. The number of carbonyl (C=O) groups excluding carboxylic acids is 5. The Labute approximate surface area is 343 Å². The average Bonchev–Trinajstić information content (AvgIpc) is 3.74. The molecular formula is C44H51N5O10. The van der Waals surface area contributed by atoms with Gasteiger partial charge in [-0.05, 0) is 51.4 Å². The van der Waals surface area contributed by atoms with Crippen molar-refractivity contribution in [2.24, 2.45) is 0 Å². The number of aliphatic carboxylic acids is 1. The van der Waals surface area contributed by atoms with Crippen LogP contribution in [0.25, 0.3) is 22.3 Å². The molecule has 0 heterocycles. The van der Waals surface area contributed by atoms with Crippen LogP contribution in [-0.4, -0.2) is 86.0 Å². The number of carboxylic acid groups (broad SMARTS) is 1. The summed E-state index contributed by atoms with van der Waals surface area (Å²) in [5, 5.41) is 18.8. The smallest absolute Gasteiger partial charge is 0.407 e. The fourth-order valence-corrected chi connectivity index (χ4v) is 6.68. The van der Waals surface area contributed by atoms with Crippen molar-refractivity contribution in [3.63, 3.8) is 0 Å². The Morgan fingerprint density at radius 1 is 0.576 bits per heavy atom. The third kappa shape index (κ3) is 12.1. The highest BCUT2D eigenvalue weighted by atomic mass is 16.6. The molecule has 6 N–H and O–H groups in total. The molecule has 0 unspecified atom stereocenters. The van der Waals surface area contributed by atoms with Gasteiger partial charge in [0.15, 0.2) is 0 Å². The zero-order valence-electron chi connectivity index (χ0n) is 33.7. The second-order valence-corrected chi connectivity index (χ2v) is 13.2. The van der Waals surface area contributed by atoms with Crippen LogP contribution in [0.4, 0.5) is 9.59 Å². The summed E-state index contributed by atoms with van der Waals surface area (Å²) in [6.45, 7) is 8.49. The third-order valence-electron chi connectivity index (χ3n) is 9.31. The van der Waals surface area contributed by atoms with E-state index in [9.17, 15) is 28.8 Å². The van der Waals surface area contributed by atoms with Gasteiger partial charge < -0.3 is 35.8 Å². The summed E-state index contributed by atoms with van der Waals surface area (Å²) in [5.41, 5.74) is 11.0. The number of hydroxylamine groups is 1. The molecule has 0 aromatic heterocycles. The molecule has 6 rings (SSSR count). The Hall–Kier alpha value is -6.74. The van der Waals surface area contributed by atoms with Crippen molar-refractivity contribution in [1.82, 2.24) is 26.7 Å². The molecule has 15 heteroatoms. The van der Waals surface area contributed by atoms with Crippen molar-refractivity contribution in [3.8, 4) is 22.3 Å². The molecular weight excluding hydrogens is 759 g/mol. The number of carbonyl (C=O) groups is 6. The molecule has 2 aliphatic rings. The van der Waals surface area contributed by atoms with Gasteiger partial charge in [-0.3, -0.25) is 19.2 Å². The number of rotatable bonds is 14. The molecule has 0 saturated carbocycles. The van der Waals surface area contributed by atoms with Gasteiger partial charge in [0.1, 0.15) is 25.3 Å². The monoisotopic (exact) mass is 809 g/mol.